The van der Waals surface area contributed by atoms with Crippen LogP contribution in [0.15, 0.2) is 53.0 Å². The lowest BCUT2D eigenvalue weighted by Crippen LogP contribution is -1.94. The largest absolute Gasteiger partial charge is 0.497 e. The summed E-state index contributed by atoms with van der Waals surface area (Å²) in [6, 6.07) is 17.0. The van der Waals surface area contributed by atoms with Crippen LogP contribution < -0.4 is 4.74 Å². The van der Waals surface area contributed by atoms with E-state index < -0.39 is 0 Å². The van der Waals surface area contributed by atoms with Crippen molar-refractivity contribution >= 4 is 21.5 Å². The summed E-state index contributed by atoms with van der Waals surface area (Å²) >= 11 is 3.80. The molecule has 2 aromatic rings. The maximum atomic E-state index is 5.25. The molecule has 0 heterocycles. The maximum absolute atomic E-state index is 5.25. The summed E-state index contributed by atoms with van der Waals surface area (Å²) in [5.74, 6) is 0.896. The first kappa shape index (κ1) is 13.4. The fourth-order valence-electron chi connectivity index (χ4n) is 2.76. The van der Waals surface area contributed by atoms with Crippen molar-refractivity contribution in [3.63, 3.8) is 0 Å². The Kier molecular flexibility index (Phi) is 3.93. The zero-order valence-corrected chi connectivity index (χ0v) is 13.1. The lowest BCUT2D eigenvalue weighted by molar-refractivity contribution is 0.415. The molecule has 0 fully saturated rings. The van der Waals surface area contributed by atoms with Crippen LogP contribution in [0.4, 0.5) is 0 Å². The molecule has 1 nitrogen and oxygen atoms in total. The standard InChI is InChI=1S/C18H17BrO/c1-20-15-11-9-14(10-12-15)18-16-7-3-2-5-13(16)6-4-8-17(18)19/h2-3,5,7,9-12H,4,6,8H2,1H3. The number of rotatable bonds is 2. The SMILES string of the molecule is COc1ccc(C2=C(Br)CCCc3ccccc32)cc1. The van der Waals surface area contributed by atoms with E-state index in [0.29, 0.717) is 0 Å². The summed E-state index contributed by atoms with van der Waals surface area (Å²) in [6.45, 7) is 0. The fraction of sp³-hybridized carbons (Fsp3) is 0.222. The van der Waals surface area contributed by atoms with Crippen LogP contribution in [0.3, 0.4) is 0 Å². The molecule has 0 saturated carbocycles. The van der Waals surface area contributed by atoms with Gasteiger partial charge in [0, 0.05) is 4.48 Å². The molecule has 0 unspecified atom stereocenters. The van der Waals surface area contributed by atoms with E-state index in [-0.39, 0.29) is 0 Å². The molecule has 0 N–H and O–H groups in total. The van der Waals surface area contributed by atoms with Crippen LogP contribution >= 0.6 is 15.9 Å². The summed E-state index contributed by atoms with van der Waals surface area (Å²) in [4.78, 5) is 0. The lowest BCUT2D eigenvalue weighted by atomic mass is 9.94. The second-order valence-corrected chi connectivity index (χ2v) is 5.98. The molecule has 1 aliphatic carbocycles. The molecule has 0 spiro atoms. The average molecular weight is 329 g/mol. The number of allylic oxidation sites excluding steroid dienone is 1. The van der Waals surface area contributed by atoms with E-state index in [1.54, 1.807) is 7.11 Å². The minimum atomic E-state index is 0.896. The van der Waals surface area contributed by atoms with E-state index in [0.717, 1.165) is 18.6 Å². The van der Waals surface area contributed by atoms with Crippen LogP contribution in [0, 0.1) is 0 Å². The Bertz CT molecular complexity index is 641. The highest BCUT2D eigenvalue weighted by atomic mass is 79.9. The Balaban J connectivity index is 2.13. The Morgan fingerprint density at radius 1 is 0.950 bits per heavy atom. The van der Waals surface area contributed by atoms with Crippen molar-refractivity contribution in [1.82, 2.24) is 0 Å². The minimum Gasteiger partial charge on any atom is -0.497 e. The topological polar surface area (TPSA) is 9.23 Å². The molecule has 102 valence electrons. The molecule has 0 amide bonds. The number of benzene rings is 2. The highest BCUT2D eigenvalue weighted by Crippen LogP contribution is 2.37. The van der Waals surface area contributed by atoms with Crippen molar-refractivity contribution in [3.8, 4) is 5.75 Å². The zero-order valence-electron chi connectivity index (χ0n) is 11.5. The van der Waals surface area contributed by atoms with Gasteiger partial charge in [0.25, 0.3) is 0 Å². The summed E-state index contributed by atoms with van der Waals surface area (Å²) < 4.78 is 6.55. The van der Waals surface area contributed by atoms with Gasteiger partial charge in [0.1, 0.15) is 5.75 Å². The molecule has 2 heteroatoms. The first-order valence-corrected chi connectivity index (χ1v) is 7.70. The molecule has 0 bridgehead atoms. The highest BCUT2D eigenvalue weighted by molar-refractivity contribution is 9.11. The number of fused-ring (bicyclic) bond motifs is 1. The molecule has 2 aromatic carbocycles. The quantitative estimate of drug-likeness (QED) is 0.737. The molecule has 20 heavy (non-hydrogen) atoms. The highest BCUT2D eigenvalue weighted by Gasteiger charge is 2.17. The molecule has 3 rings (SSSR count). The molecular weight excluding hydrogens is 312 g/mol. The zero-order chi connectivity index (χ0) is 13.9. The Morgan fingerprint density at radius 2 is 1.70 bits per heavy atom. The number of ether oxygens (including phenoxy) is 1. The smallest absolute Gasteiger partial charge is 0.118 e. The van der Waals surface area contributed by atoms with Gasteiger partial charge >= 0.3 is 0 Å². The molecule has 0 aromatic heterocycles. The van der Waals surface area contributed by atoms with E-state index in [1.807, 2.05) is 12.1 Å². The lowest BCUT2D eigenvalue weighted by Gasteiger charge is -2.13. The summed E-state index contributed by atoms with van der Waals surface area (Å²) in [5.41, 5.74) is 5.35. The summed E-state index contributed by atoms with van der Waals surface area (Å²) in [7, 11) is 1.70. The molecule has 0 saturated heterocycles. The second-order valence-electron chi connectivity index (χ2n) is 5.02. The third-order valence-electron chi connectivity index (χ3n) is 3.78. The van der Waals surface area contributed by atoms with Crippen molar-refractivity contribution < 1.29 is 4.74 Å². The number of hydrogen-bond acceptors (Lipinski definition) is 1. The first-order chi connectivity index (χ1) is 9.79. The van der Waals surface area contributed by atoms with Crippen molar-refractivity contribution in [2.24, 2.45) is 0 Å². The van der Waals surface area contributed by atoms with Crippen LogP contribution in [-0.2, 0) is 6.42 Å². The van der Waals surface area contributed by atoms with Gasteiger partial charge in [-0.1, -0.05) is 52.3 Å². The second kappa shape index (κ2) is 5.84. The molecule has 1 aliphatic rings. The van der Waals surface area contributed by atoms with E-state index in [2.05, 4.69) is 52.3 Å². The number of methoxy groups -OCH3 is 1. The molecular formula is C18H17BrO. The van der Waals surface area contributed by atoms with Crippen molar-refractivity contribution in [1.29, 1.82) is 0 Å². The maximum Gasteiger partial charge on any atom is 0.118 e. The number of halogens is 1. The van der Waals surface area contributed by atoms with E-state index in [9.17, 15) is 0 Å². The minimum absolute atomic E-state index is 0.896. The molecule has 0 aliphatic heterocycles. The van der Waals surface area contributed by atoms with Crippen LogP contribution in [0.2, 0.25) is 0 Å². The predicted octanol–water partition coefficient (Wildman–Crippen LogP) is 5.19. The van der Waals surface area contributed by atoms with Gasteiger partial charge in [-0.25, -0.2) is 0 Å². The number of hydrogen-bond donors (Lipinski definition) is 0. The van der Waals surface area contributed by atoms with Gasteiger partial charge in [-0.2, -0.15) is 0 Å². The molecule has 0 atom stereocenters. The van der Waals surface area contributed by atoms with E-state index in [1.165, 1.54) is 33.2 Å². The fourth-order valence-corrected chi connectivity index (χ4v) is 3.48. The summed E-state index contributed by atoms with van der Waals surface area (Å²) in [5, 5.41) is 0. The Hall–Kier alpha value is -1.54. The summed E-state index contributed by atoms with van der Waals surface area (Å²) in [6.07, 6.45) is 3.43. The normalized spacial score (nSPS) is 14.7. The van der Waals surface area contributed by atoms with Gasteiger partial charge in [0.2, 0.25) is 0 Å². The van der Waals surface area contributed by atoms with E-state index >= 15 is 0 Å². The molecule has 0 radical (unpaired) electrons. The monoisotopic (exact) mass is 328 g/mol. The van der Waals surface area contributed by atoms with Gasteiger partial charge in [-0.3, -0.25) is 0 Å². The van der Waals surface area contributed by atoms with Crippen molar-refractivity contribution in [2.75, 3.05) is 7.11 Å². The van der Waals surface area contributed by atoms with Gasteiger partial charge in [0.15, 0.2) is 0 Å². The Morgan fingerprint density at radius 3 is 2.45 bits per heavy atom. The van der Waals surface area contributed by atoms with Gasteiger partial charge in [0.05, 0.1) is 7.11 Å². The van der Waals surface area contributed by atoms with Crippen molar-refractivity contribution in [2.45, 2.75) is 19.3 Å². The van der Waals surface area contributed by atoms with Crippen LogP contribution in [0.5, 0.6) is 5.75 Å². The third kappa shape index (κ3) is 2.53. The van der Waals surface area contributed by atoms with Crippen LogP contribution in [0.1, 0.15) is 29.5 Å². The van der Waals surface area contributed by atoms with Gasteiger partial charge < -0.3 is 4.74 Å². The van der Waals surface area contributed by atoms with Gasteiger partial charge in [-0.05, 0) is 53.7 Å². The number of aryl methyl sites for hydroxylation is 1. The van der Waals surface area contributed by atoms with Crippen molar-refractivity contribution in [3.05, 3.63) is 69.7 Å². The Labute approximate surface area is 128 Å². The van der Waals surface area contributed by atoms with E-state index in [4.69, 9.17) is 4.74 Å². The van der Waals surface area contributed by atoms with Crippen LogP contribution in [0.25, 0.3) is 5.57 Å². The average Bonchev–Trinajstić information content (AvgIpc) is 2.66. The predicted molar refractivity (Wildman–Crippen MR) is 87.3 cm³/mol. The first-order valence-electron chi connectivity index (χ1n) is 6.91. The van der Waals surface area contributed by atoms with Gasteiger partial charge in [-0.15, -0.1) is 0 Å². The third-order valence-corrected chi connectivity index (χ3v) is 4.57. The van der Waals surface area contributed by atoms with Crippen LogP contribution in [-0.4, -0.2) is 7.11 Å².